The van der Waals surface area contributed by atoms with Gasteiger partial charge in [0.2, 0.25) is 0 Å². The van der Waals surface area contributed by atoms with Crippen LogP contribution >= 0.6 is 0 Å². The third kappa shape index (κ3) is 2.93. The van der Waals surface area contributed by atoms with Crippen molar-refractivity contribution < 1.29 is 18.4 Å². The highest BCUT2D eigenvalue weighted by Crippen LogP contribution is 2.21. The lowest BCUT2D eigenvalue weighted by Gasteiger charge is -2.26. The first kappa shape index (κ1) is 14.4. The van der Waals surface area contributed by atoms with Crippen LogP contribution in [0, 0.1) is 18.6 Å². The number of aryl methyl sites for hydroxylation is 1. The summed E-state index contributed by atoms with van der Waals surface area (Å²) in [6.07, 6.45) is 0. The third-order valence-electron chi connectivity index (χ3n) is 3.12. The fraction of sp³-hybridized carbons (Fsp3) is 0.385. The Balaban J connectivity index is 2.11. The van der Waals surface area contributed by atoms with Crippen LogP contribution in [0.5, 0.6) is 0 Å². The molecule has 2 amide bonds. The quantitative estimate of drug-likeness (QED) is 0.744. The SMILES string of the molecule is Cc1ccc(F)c(NC(=O)C(=O)N2CCNCC2)c1F. The Bertz CT molecular complexity index is 543. The van der Waals surface area contributed by atoms with Gasteiger partial charge in [-0.1, -0.05) is 6.07 Å². The standard InChI is InChI=1S/C13H15F2N3O2/c1-8-2-3-9(14)11(10(8)15)17-12(19)13(20)18-6-4-16-5-7-18/h2-3,16H,4-7H2,1H3,(H,17,19). The Hall–Kier alpha value is -2.02. The van der Waals surface area contributed by atoms with Gasteiger partial charge in [-0.05, 0) is 18.6 Å². The lowest BCUT2D eigenvalue weighted by molar-refractivity contribution is -0.143. The number of carbonyl (C=O) groups excluding carboxylic acids is 2. The molecule has 7 heteroatoms. The molecule has 1 saturated heterocycles. The summed E-state index contributed by atoms with van der Waals surface area (Å²) in [5.74, 6) is -3.59. The van der Waals surface area contributed by atoms with E-state index in [1.807, 2.05) is 5.32 Å². The van der Waals surface area contributed by atoms with Gasteiger partial charge in [0.15, 0.2) is 5.82 Å². The summed E-state index contributed by atoms with van der Waals surface area (Å²) >= 11 is 0. The van der Waals surface area contributed by atoms with Gasteiger partial charge in [-0.3, -0.25) is 9.59 Å². The first-order chi connectivity index (χ1) is 9.50. The van der Waals surface area contributed by atoms with E-state index < -0.39 is 29.1 Å². The molecule has 1 aromatic carbocycles. The predicted molar refractivity (Wildman–Crippen MR) is 69.2 cm³/mol. The van der Waals surface area contributed by atoms with Crippen LogP contribution in [0.3, 0.4) is 0 Å². The average molecular weight is 283 g/mol. The monoisotopic (exact) mass is 283 g/mol. The molecule has 108 valence electrons. The minimum Gasteiger partial charge on any atom is -0.332 e. The highest BCUT2D eigenvalue weighted by atomic mass is 19.1. The molecule has 0 atom stereocenters. The van der Waals surface area contributed by atoms with E-state index >= 15 is 0 Å². The fourth-order valence-corrected chi connectivity index (χ4v) is 1.95. The molecule has 1 fully saturated rings. The molecule has 2 N–H and O–H groups in total. The summed E-state index contributed by atoms with van der Waals surface area (Å²) in [6, 6.07) is 2.31. The molecular weight excluding hydrogens is 268 g/mol. The van der Waals surface area contributed by atoms with Crippen molar-refractivity contribution >= 4 is 17.5 Å². The molecule has 0 spiro atoms. The molecule has 0 radical (unpaired) electrons. The van der Waals surface area contributed by atoms with Gasteiger partial charge in [0.25, 0.3) is 0 Å². The minimum atomic E-state index is -1.03. The molecule has 0 unspecified atom stereocenters. The summed E-state index contributed by atoms with van der Waals surface area (Å²) < 4.78 is 27.2. The van der Waals surface area contributed by atoms with Crippen molar-refractivity contribution in [2.24, 2.45) is 0 Å². The van der Waals surface area contributed by atoms with Gasteiger partial charge in [0.1, 0.15) is 11.5 Å². The van der Waals surface area contributed by atoms with Crippen molar-refractivity contribution in [1.82, 2.24) is 10.2 Å². The number of nitrogens with zero attached hydrogens (tertiary/aromatic N) is 1. The molecular formula is C13H15F2N3O2. The highest BCUT2D eigenvalue weighted by Gasteiger charge is 2.25. The van der Waals surface area contributed by atoms with E-state index in [-0.39, 0.29) is 5.56 Å². The zero-order valence-electron chi connectivity index (χ0n) is 11.0. The second kappa shape index (κ2) is 5.96. The van der Waals surface area contributed by atoms with Gasteiger partial charge < -0.3 is 15.5 Å². The molecule has 0 aliphatic carbocycles. The number of benzene rings is 1. The van der Waals surface area contributed by atoms with E-state index in [1.54, 1.807) is 0 Å². The Labute approximate surface area is 114 Å². The number of rotatable bonds is 1. The molecule has 1 heterocycles. The smallest absolute Gasteiger partial charge is 0.314 e. The number of nitrogens with one attached hydrogen (secondary N) is 2. The van der Waals surface area contributed by atoms with Gasteiger partial charge in [0.05, 0.1) is 0 Å². The van der Waals surface area contributed by atoms with Crippen LogP contribution in [-0.4, -0.2) is 42.9 Å². The Morgan fingerprint density at radius 2 is 1.90 bits per heavy atom. The molecule has 0 bridgehead atoms. The van der Waals surface area contributed by atoms with E-state index in [0.717, 1.165) is 6.07 Å². The van der Waals surface area contributed by atoms with Gasteiger partial charge >= 0.3 is 11.8 Å². The van der Waals surface area contributed by atoms with Crippen LogP contribution < -0.4 is 10.6 Å². The van der Waals surface area contributed by atoms with Crippen molar-refractivity contribution in [2.75, 3.05) is 31.5 Å². The van der Waals surface area contributed by atoms with E-state index in [1.165, 1.54) is 17.9 Å². The van der Waals surface area contributed by atoms with Crippen LogP contribution in [0.15, 0.2) is 12.1 Å². The van der Waals surface area contributed by atoms with E-state index in [0.29, 0.717) is 26.2 Å². The van der Waals surface area contributed by atoms with Gasteiger partial charge in [-0.25, -0.2) is 8.78 Å². The van der Waals surface area contributed by atoms with Gasteiger partial charge in [-0.2, -0.15) is 0 Å². The van der Waals surface area contributed by atoms with E-state index in [4.69, 9.17) is 0 Å². The lowest BCUT2D eigenvalue weighted by atomic mass is 10.2. The van der Waals surface area contributed by atoms with Gasteiger partial charge in [-0.15, -0.1) is 0 Å². The van der Waals surface area contributed by atoms with E-state index in [9.17, 15) is 18.4 Å². The number of piperazine rings is 1. The molecule has 1 aromatic rings. The number of anilines is 1. The summed E-state index contributed by atoms with van der Waals surface area (Å²) in [5, 5.41) is 5.05. The zero-order chi connectivity index (χ0) is 14.7. The highest BCUT2D eigenvalue weighted by molar-refractivity contribution is 6.39. The number of carbonyl (C=O) groups is 2. The van der Waals surface area contributed by atoms with Crippen molar-refractivity contribution in [2.45, 2.75) is 6.92 Å². The molecule has 2 rings (SSSR count). The summed E-state index contributed by atoms with van der Waals surface area (Å²) in [6.45, 7) is 3.41. The second-order valence-electron chi connectivity index (χ2n) is 4.55. The second-order valence-corrected chi connectivity index (χ2v) is 4.55. The third-order valence-corrected chi connectivity index (χ3v) is 3.12. The Kier molecular flexibility index (Phi) is 4.29. The Morgan fingerprint density at radius 1 is 1.25 bits per heavy atom. The normalized spacial score (nSPS) is 15.1. The largest absolute Gasteiger partial charge is 0.332 e. The van der Waals surface area contributed by atoms with E-state index in [2.05, 4.69) is 5.32 Å². The fourth-order valence-electron chi connectivity index (χ4n) is 1.95. The summed E-state index contributed by atoms with van der Waals surface area (Å²) in [4.78, 5) is 25.0. The molecule has 1 aliphatic heterocycles. The topological polar surface area (TPSA) is 61.4 Å². The van der Waals surface area contributed by atoms with Crippen LogP contribution in [0.2, 0.25) is 0 Å². The number of hydrogen-bond donors (Lipinski definition) is 2. The molecule has 0 saturated carbocycles. The minimum absolute atomic E-state index is 0.191. The number of amides is 2. The maximum absolute atomic E-state index is 13.7. The summed E-state index contributed by atoms with van der Waals surface area (Å²) in [5.41, 5.74) is -0.394. The molecule has 20 heavy (non-hydrogen) atoms. The number of halogens is 2. The lowest BCUT2D eigenvalue weighted by Crippen LogP contribution is -2.50. The maximum Gasteiger partial charge on any atom is 0.314 e. The van der Waals surface area contributed by atoms with Crippen molar-refractivity contribution in [3.8, 4) is 0 Å². The van der Waals surface area contributed by atoms with Crippen molar-refractivity contribution in [3.63, 3.8) is 0 Å². The summed E-state index contributed by atoms with van der Waals surface area (Å²) in [7, 11) is 0. The average Bonchev–Trinajstić information content (AvgIpc) is 2.47. The van der Waals surface area contributed by atoms with Crippen LogP contribution in [0.1, 0.15) is 5.56 Å². The first-order valence-corrected chi connectivity index (χ1v) is 6.26. The maximum atomic E-state index is 13.7. The predicted octanol–water partition coefficient (Wildman–Crippen LogP) is 0.644. The van der Waals surface area contributed by atoms with Crippen molar-refractivity contribution in [3.05, 3.63) is 29.3 Å². The number of hydrogen-bond acceptors (Lipinski definition) is 3. The molecule has 1 aliphatic rings. The van der Waals surface area contributed by atoms with Crippen LogP contribution in [0.25, 0.3) is 0 Å². The van der Waals surface area contributed by atoms with Crippen molar-refractivity contribution in [1.29, 1.82) is 0 Å². The first-order valence-electron chi connectivity index (χ1n) is 6.26. The molecule has 0 aromatic heterocycles. The zero-order valence-corrected chi connectivity index (χ0v) is 11.0. The van der Waals surface area contributed by atoms with Gasteiger partial charge in [0, 0.05) is 26.2 Å². The molecule has 5 nitrogen and oxygen atoms in total. The Morgan fingerprint density at radius 3 is 2.55 bits per heavy atom. The van der Waals surface area contributed by atoms with Crippen LogP contribution in [-0.2, 0) is 9.59 Å². The van der Waals surface area contributed by atoms with Crippen LogP contribution in [0.4, 0.5) is 14.5 Å².